The Morgan fingerprint density at radius 1 is 1.29 bits per heavy atom. The van der Waals surface area contributed by atoms with E-state index >= 15 is 0 Å². The molecule has 7 heteroatoms. The summed E-state index contributed by atoms with van der Waals surface area (Å²) < 4.78 is 0. The quantitative estimate of drug-likeness (QED) is 0.397. The van der Waals surface area contributed by atoms with E-state index < -0.39 is 12.0 Å². The van der Waals surface area contributed by atoms with Crippen molar-refractivity contribution in [3.8, 4) is 0 Å². The minimum atomic E-state index is -0.960. The van der Waals surface area contributed by atoms with Crippen LogP contribution < -0.4 is 11.1 Å². The van der Waals surface area contributed by atoms with Crippen LogP contribution in [0.5, 0.6) is 0 Å². The fraction of sp³-hybridized carbons (Fsp3) is 0.857. The van der Waals surface area contributed by atoms with Gasteiger partial charge in [-0.3, -0.25) is 9.59 Å². The number of carboxylic acids is 1. The molecule has 0 radical (unpaired) electrons. The van der Waals surface area contributed by atoms with Crippen LogP contribution in [0.4, 0.5) is 0 Å². The van der Waals surface area contributed by atoms with Gasteiger partial charge in [0.1, 0.15) is 6.04 Å². The number of amides is 1. The first kappa shape index (κ1) is 18.6. The number of rotatable bonds is 11. The van der Waals surface area contributed by atoms with Gasteiger partial charge in [0, 0.05) is 24.0 Å². The molecule has 0 aromatic carbocycles. The number of unbranched alkanes of at least 4 members (excludes halogenated alkanes) is 2. The number of carbonyl (C=O) groups excluding carboxylic acids is 1. The van der Waals surface area contributed by atoms with Gasteiger partial charge >= 0.3 is 5.97 Å². The predicted octanol–water partition coefficient (Wildman–Crippen LogP) is 2.40. The summed E-state index contributed by atoms with van der Waals surface area (Å²) in [7, 11) is 3.95. The molecule has 1 saturated heterocycles. The van der Waals surface area contributed by atoms with Crippen LogP contribution in [0, 0.1) is 0 Å². The zero-order valence-corrected chi connectivity index (χ0v) is 14.0. The highest BCUT2D eigenvalue weighted by Crippen LogP contribution is 2.39. The fourth-order valence-electron chi connectivity index (χ4n) is 2.15. The van der Waals surface area contributed by atoms with E-state index in [0.717, 1.165) is 30.9 Å². The molecule has 0 unspecified atom stereocenters. The van der Waals surface area contributed by atoms with Crippen LogP contribution in [-0.2, 0) is 9.59 Å². The van der Waals surface area contributed by atoms with Crippen LogP contribution in [-0.4, -0.2) is 40.6 Å². The first-order valence-corrected chi connectivity index (χ1v) is 10.0. The Morgan fingerprint density at radius 2 is 2.10 bits per heavy atom. The van der Waals surface area contributed by atoms with Gasteiger partial charge < -0.3 is 16.2 Å². The third-order valence-corrected chi connectivity index (χ3v) is 6.50. The van der Waals surface area contributed by atoms with Gasteiger partial charge in [0.25, 0.3) is 0 Å². The Labute approximate surface area is 134 Å². The van der Waals surface area contributed by atoms with E-state index in [0.29, 0.717) is 19.4 Å². The summed E-state index contributed by atoms with van der Waals surface area (Å²) >= 11 is 0. The van der Waals surface area contributed by atoms with E-state index in [1.54, 1.807) is 0 Å². The van der Waals surface area contributed by atoms with E-state index in [9.17, 15) is 9.59 Å². The van der Waals surface area contributed by atoms with E-state index in [1.165, 1.54) is 18.6 Å². The molecule has 1 amide bonds. The summed E-state index contributed by atoms with van der Waals surface area (Å²) in [4.78, 5) is 22.1. The first-order valence-electron chi connectivity index (χ1n) is 7.63. The SMILES string of the molecule is N[C@@H](CCCCNC(=O)CCCC[C@@H]1CCSS1)C(=O)O. The molecule has 1 fully saturated rings. The summed E-state index contributed by atoms with van der Waals surface area (Å²) in [6.45, 7) is 0.611. The Morgan fingerprint density at radius 3 is 2.76 bits per heavy atom. The lowest BCUT2D eigenvalue weighted by atomic mass is 10.1. The van der Waals surface area contributed by atoms with Crippen molar-refractivity contribution in [2.45, 2.75) is 62.7 Å². The lowest BCUT2D eigenvalue weighted by Gasteiger charge is -2.08. The van der Waals surface area contributed by atoms with Gasteiger partial charge in [0.05, 0.1) is 0 Å². The maximum absolute atomic E-state index is 11.6. The molecule has 0 bridgehead atoms. The number of carbonyl (C=O) groups is 2. The molecule has 1 heterocycles. The molecule has 0 spiro atoms. The van der Waals surface area contributed by atoms with Crippen molar-refractivity contribution in [3.05, 3.63) is 0 Å². The lowest BCUT2D eigenvalue weighted by Crippen LogP contribution is -2.30. The first-order chi connectivity index (χ1) is 10.1. The lowest BCUT2D eigenvalue weighted by molar-refractivity contribution is -0.138. The van der Waals surface area contributed by atoms with E-state index in [1.807, 2.05) is 21.6 Å². The average molecular weight is 335 g/mol. The Hall–Kier alpha value is -0.400. The van der Waals surface area contributed by atoms with Crippen molar-refractivity contribution in [2.75, 3.05) is 12.3 Å². The van der Waals surface area contributed by atoms with Gasteiger partial charge in [-0.15, -0.1) is 0 Å². The molecule has 122 valence electrons. The largest absolute Gasteiger partial charge is 0.480 e. The van der Waals surface area contributed by atoms with Gasteiger partial charge in [-0.05, 0) is 38.5 Å². The molecule has 21 heavy (non-hydrogen) atoms. The van der Waals surface area contributed by atoms with E-state index in [2.05, 4.69) is 5.32 Å². The number of aliphatic carboxylic acids is 1. The van der Waals surface area contributed by atoms with Crippen LogP contribution in [0.25, 0.3) is 0 Å². The van der Waals surface area contributed by atoms with Crippen LogP contribution >= 0.6 is 21.6 Å². The second-order valence-corrected chi connectivity index (χ2v) is 8.15. The molecule has 0 aromatic heterocycles. The fourth-order valence-corrected chi connectivity index (χ4v) is 5.18. The number of nitrogens with one attached hydrogen (secondary N) is 1. The van der Waals surface area contributed by atoms with Gasteiger partial charge in [-0.25, -0.2) is 0 Å². The minimum Gasteiger partial charge on any atom is -0.480 e. The molecular formula is C14H26N2O3S2. The minimum absolute atomic E-state index is 0.103. The summed E-state index contributed by atoms with van der Waals surface area (Å²) in [5.74, 6) is 0.408. The van der Waals surface area contributed by atoms with Crippen molar-refractivity contribution in [3.63, 3.8) is 0 Å². The van der Waals surface area contributed by atoms with Crippen LogP contribution in [0.2, 0.25) is 0 Å². The highest BCUT2D eigenvalue weighted by Gasteiger charge is 2.15. The summed E-state index contributed by atoms with van der Waals surface area (Å²) in [6, 6.07) is -0.785. The summed E-state index contributed by atoms with van der Waals surface area (Å²) in [6.07, 6.45) is 7.17. The Balaban J connectivity index is 1.88. The monoisotopic (exact) mass is 334 g/mol. The van der Waals surface area contributed by atoms with Crippen LogP contribution in [0.3, 0.4) is 0 Å². The maximum Gasteiger partial charge on any atom is 0.320 e. The van der Waals surface area contributed by atoms with Crippen molar-refractivity contribution in [1.82, 2.24) is 5.32 Å². The van der Waals surface area contributed by atoms with Gasteiger partial charge in [-0.2, -0.15) is 0 Å². The number of nitrogens with two attached hydrogens (primary N) is 1. The summed E-state index contributed by atoms with van der Waals surface area (Å²) in [5, 5.41) is 12.3. The summed E-state index contributed by atoms with van der Waals surface area (Å²) in [5.41, 5.74) is 5.40. The van der Waals surface area contributed by atoms with E-state index in [4.69, 9.17) is 10.8 Å². The highest BCUT2D eigenvalue weighted by molar-refractivity contribution is 8.77. The third-order valence-electron chi connectivity index (χ3n) is 3.49. The van der Waals surface area contributed by atoms with Crippen molar-refractivity contribution in [2.24, 2.45) is 5.73 Å². The molecule has 2 atom stereocenters. The molecule has 0 saturated carbocycles. The molecule has 4 N–H and O–H groups in total. The molecule has 0 aliphatic carbocycles. The second-order valence-electron chi connectivity index (χ2n) is 5.37. The Kier molecular flexibility index (Phi) is 9.95. The topological polar surface area (TPSA) is 92.4 Å². The van der Waals surface area contributed by atoms with E-state index in [-0.39, 0.29) is 5.91 Å². The van der Waals surface area contributed by atoms with Crippen LogP contribution in [0.15, 0.2) is 0 Å². The number of hydrogen-bond donors (Lipinski definition) is 3. The molecule has 1 rings (SSSR count). The van der Waals surface area contributed by atoms with Crippen LogP contribution in [0.1, 0.15) is 51.4 Å². The average Bonchev–Trinajstić information content (AvgIpc) is 2.96. The standard InChI is InChI=1S/C14H26N2O3S2/c15-12(14(18)19)6-3-4-9-16-13(17)7-2-1-5-11-8-10-20-21-11/h11-12H,1-10,15H2,(H,16,17)(H,18,19)/t11-,12+/m1/s1. The van der Waals surface area contributed by atoms with Gasteiger partial charge in [0.15, 0.2) is 0 Å². The second kappa shape index (κ2) is 11.2. The molecule has 0 aromatic rings. The van der Waals surface area contributed by atoms with Gasteiger partial charge in [-0.1, -0.05) is 28.0 Å². The van der Waals surface area contributed by atoms with Gasteiger partial charge in [0.2, 0.25) is 5.91 Å². The predicted molar refractivity (Wildman–Crippen MR) is 89.4 cm³/mol. The molecule has 1 aliphatic rings. The Bertz CT molecular complexity index is 323. The smallest absolute Gasteiger partial charge is 0.320 e. The zero-order chi connectivity index (χ0) is 15.5. The number of carboxylic acid groups (broad SMARTS) is 1. The van der Waals surface area contributed by atoms with Crippen molar-refractivity contribution >= 4 is 33.5 Å². The zero-order valence-electron chi connectivity index (χ0n) is 12.4. The number of hydrogen-bond acceptors (Lipinski definition) is 5. The van der Waals surface area contributed by atoms with Crippen molar-refractivity contribution in [1.29, 1.82) is 0 Å². The third kappa shape index (κ3) is 9.26. The molecule has 1 aliphatic heterocycles. The maximum atomic E-state index is 11.6. The molecular weight excluding hydrogens is 308 g/mol. The normalized spacial score (nSPS) is 19.4. The van der Waals surface area contributed by atoms with Crippen molar-refractivity contribution < 1.29 is 14.7 Å². The highest BCUT2D eigenvalue weighted by atomic mass is 33.1. The molecule has 5 nitrogen and oxygen atoms in total.